The van der Waals surface area contributed by atoms with E-state index in [4.69, 9.17) is 8.94 Å². The van der Waals surface area contributed by atoms with Gasteiger partial charge in [-0.3, -0.25) is 4.90 Å². The molecule has 2 aromatic rings. The van der Waals surface area contributed by atoms with Gasteiger partial charge in [0.25, 0.3) is 0 Å². The summed E-state index contributed by atoms with van der Waals surface area (Å²) in [6.45, 7) is 1.94. The number of rotatable bonds is 4. The molecular weight excluding hydrogens is 232 g/mol. The normalized spacial score (nSPS) is 20.6. The van der Waals surface area contributed by atoms with Crippen LogP contribution < -0.4 is 0 Å². The van der Waals surface area contributed by atoms with E-state index in [1.807, 2.05) is 18.2 Å². The van der Waals surface area contributed by atoms with Gasteiger partial charge in [0, 0.05) is 18.7 Å². The average Bonchev–Trinajstić information content (AvgIpc) is 3.10. The fourth-order valence-electron chi connectivity index (χ4n) is 2.44. The third-order valence-corrected chi connectivity index (χ3v) is 3.40. The summed E-state index contributed by atoms with van der Waals surface area (Å²) in [5, 5.41) is 13.3. The minimum absolute atomic E-state index is 0.211. The minimum atomic E-state index is 0.211. The number of hydrogen-bond acceptors (Lipinski definition) is 5. The Balaban J connectivity index is 1.70. The molecule has 1 aliphatic rings. The summed E-state index contributed by atoms with van der Waals surface area (Å²) in [5.74, 6) is 1.34. The van der Waals surface area contributed by atoms with Crippen molar-refractivity contribution in [1.82, 2.24) is 10.1 Å². The smallest absolute Gasteiger partial charge is 0.202 e. The van der Waals surface area contributed by atoms with E-state index in [-0.39, 0.29) is 12.6 Å². The Morgan fingerprint density at radius 1 is 1.44 bits per heavy atom. The molecule has 0 aromatic carbocycles. The van der Waals surface area contributed by atoms with Crippen LogP contribution in [0.2, 0.25) is 0 Å². The molecule has 0 amide bonds. The Kier molecular flexibility index (Phi) is 3.17. The van der Waals surface area contributed by atoms with Crippen molar-refractivity contribution in [3.63, 3.8) is 0 Å². The molecule has 0 radical (unpaired) electrons. The van der Waals surface area contributed by atoms with E-state index in [2.05, 4.69) is 10.1 Å². The molecule has 5 nitrogen and oxygen atoms in total. The lowest BCUT2D eigenvalue weighted by Crippen LogP contribution is -2.31. The van der Waals surface area contributed by atoms with Gasteiger partial charge in [-0.1, -0.05) is 5.16 Å². The molecule has 1 fully saturated rings. The minimum Gasteiger partial charge on any atom is -0.461 e. The van der Waals surface area contributed by atoms with Gasteiger partial charge in [0.2, 0.25) is 5.76 Å². The van der Waals surface area contributed by atoms with E-state index < -0.39 is 0 Å². The number of nitrogens with zero attached hydrogens (tertiary/aromatic N) is 2. The number of hydrogen-bond donors (Lipinski definition) is 1. The van der Waals surface area contributed by atoms with Crippen molar-refractivity contribution in [2.45, 2.75) is 25.4 Å². The highest BCUT2D eigenvalue weighted by Crippen LogP contribution is 2.23. The van der Waals surface area contributed by atoms with Crippen LogP contribution in [0, 0.1) is 0 Å². The Hall–Kier alpha value is -1.59. The molecule has 0 bridgehead atoms. The largest absolute Gasteiger partial charge is 0.461 e. The number of aliphatic hydroxyl groups excluding tert-OH is 1. The second-order valence-corrected chi connectivity index (χ2v) is 4.61. The molecule has 1 N–H and O–H groups in total. The van der Waals surface area contributed by atoms with E-state index in [1.54, 1.807) is 6.26 Å². The van der Waals surface area contributed by atoms with E-state index in [9.17, 15) is 5.11 Å². The summed E-state index contributed by atoms with van der Waals surface area (Å²) in [6, 6.07) is 5.82. The van der Waals surface area contributed by atoms with Gasteiger partial charge in [-0.15, -0.1) is 0 Å². The zero-order valence-electron chi connectivity index (χ0n) is 10.1. The molecule has 3 heterocycles. The van der Waals surface area contributed by atoms with Crippen LogP contribution in [0.1, 0.15) is 18.5 Å². The van der Waals surface area contributed by atoms with Gasteiger partial charge in [0.05, 0.1) is 18.6 Å². The molecule has 96 valence electrons. The van der Waals surface area contributed by atoms with Gasteiger partial charge in [0.1, 0.15) is 0 Å². The van der Waals surface area contributed by atoms with E-state index in [0.29, 0.717) is 11.5 Å². The lowest BCUT2D eigenvalue weighted by atomic mass is 10.2. The van der Waals surface area contributed by atoms with Gasteiger partial charge in [-0.05, 0) is 31.5 Å². The van der Waals surface area contributed by atoms with Crippen LogP contribution in [-0.4, -0.2) is 34.4 Å². The monoisotopic (exact) mass is 248 g/mol. The number of furan rings is 1. The number of aromatic nitrogens is 1. The van der Waals surface area contributed by atoms with Crippen molar-refractivity contribution in [3.8, 4) is 11.5 Å². The Bertz CT molecular complexity index is 492. The zero-order valence-corrected chi connectivity index (χ0v) is 10.1. The first-order valence-electron chi connectivity index (χ1n) is 6.21. The molecule has 0 spiro atoms. The van der Waals surface area contributed by atoms with Crippen molar-refractivity contribution in [2.24, 2.45) is 0 Å². The summed E-state index contributed by atoms with van der Waals surface area (Å²) in [4.78, 5) is 2.24. The predicted octanol–water partition coefficient (Wildman–Crippen LogP) is 1.89. The number of likely N-dealkylation sites (tertiary alicyclic amines) is 1. The molecule has 0 saturated carbocycles. The van der Waals surface area contributed by atoms with E-state index >= 15 is 0 Å². The lowest BCUT2D eigenvalue weighted by Gasteiger charge is -2.20. The van der Waals surface area contributed by atoms with Gasteiger partial charge in [-0.2, -0.15) is 0 Å². The summed E-state index contributed by atoms with van der Waals surface area (Å²) in [5.41, 5.74) is 0.877. The highest BCUT2D eigenvalue weighted by Gasteiger charge is 2.24. The summed E-state index contributed by atoms with van der Waals surface area (Å²) in [6.07, 6.45) is 3.80. The molecule has 2 aromatic heterocycles. The summed E-state index contributed by atoms with van der Waals surface area (Å²) < 4.78 is 10.5. The average molecular weight is 248 g/mol. The highest BCUT2D eigenvalue weighted by atomic mass is 16.5. The van der Waals surface area contributed by atoms with Crippen molar-refractivity contribution in [3.05, 3.63) is 30.2 Å². The topological polar surface area (TPSA) is 62.6 Å². The Morgan fingerprint density at radius 2 is 2.39 bits per heavy atom. The van der Waals surface area contributed by atoms with Crippen LogP contribution in [0.5, 0.6) is 0 Å². The maximum absolute atomic E-state index is 9.27. The number of aliphatic hydroxyl groups is 1. The second-order valence-electron chi connectivity index (χ2n) is 4.61. The van der Waals surface area contributed by atoms with Crippen molar-refractivity contribution >= 4 is 0 Å². The van der Waals surface area contributed by atoms with E-state index in [0.717, 1.165) is 31.6 Å². The first-order valence-corrected chi connectivity index (χ1v) is 6.21. The third-order valence-electron chi connectivity index (χ3n) is 3.40. The van der Waals surface area contributed by atoms with Crippen molar-refractivity contribution in [1.29, 1.82) is 0 Å². The van der Waals surface area contributed by atoms with Gasteiger partial charge < -0.3 is 14.0 Å². The van der Waals surface area contributed by atoms with Crippen LogP contribution in [-0.2, 0) is 6.54 Å². The Morgan fingerprint density at radius 3 is 3.17 bits per heavy atom. The SMILES string of the molecule is OC[C@H]1CCCN1Cc1cc(-c2ccco2)on1. The first-order chi connectivity index (χ1) is 8.86. The van der Waals surface area contributed by atoms with Crippen LogP contribution in [0.15, 0.2) is 33.4 Å². The standard InChI is InChI=1S/C13H16N2O3/c16-9-11-3-1-5-15(11)8-10-7-13(18-14-10)12-4-2-6-17-12/h2,4,6-7,11,16H,1,3,5,8-9H2/t11-/m1/s1. The quantitative estimate of drug-likeness (QED) is 0.895. The van der Waals surface area contributed by atoms with E-state index in [1.165, 1.54) is 0 Å². The third kappa shape index (κ3) is 2.19. The second kappa shape index (κ2) is 4.96. The van der Waals surface area contributed by atoms with Gasteiger partial charge in [-0.25, -0.2) is 0 Å². The molecule has 1 saturated heterocycles. The van der Waals surface area contributed by atoms with Crippen LogP contribution in [0.3, 0.4) is 0 Å². The van der Waals surface area contributed by atoms with Gasteiger partial charge in [0.15, 0.2) is 5.76 Å². The van der Waals surface area contributed by atoms with Crippen LogP contribution in [0.4, 0.5) is 0 Å². The molecular formula is C13H16N2O3. The maximum Gasteiger partial charge on any atom is 0.202 e. The van der Waals surface area contributed by atoms with Crippen molar-refractivity contribution < 1.29 is 14.0 Å². The fourth-order valence-corrected chi connectivity index (χ4v) is 2.44. The molecule has 1 aliphatic heterocycles. The molecule has 0 aliphatic carbocycles. The van der Waals surface area contributed by atoms with Crippen LogP contribution in [0.25, 0.3) is 11.5 Å². The first kappa shape index (κ1) is 11.5. The molecule has 5 heteroatoms. The molecule has 3 rings (SSSR count). The molecule has 18 heavy (non-hydrogen) atoms. The highest BCUT2D eigenvalue weighted by molar-refractivity contribution is 5.49. The Labute approximate surface area is 105 Å². The van der Waals surface area contributed by atoms with Crippen molar-refractivity contribution in [2.75, 3.05) is 13.2 Å². The summed E-state index contributed by atoms with van der Waals surface area (Å²) >= 11 is 0. The molecule has 1 atom stereocenters. The summed E-state index contributed by atoms with van der Waals surface area (Å²) in [7, 11) is 0. The molecule has 0 unspecified atom stereocenters. The maximum atomic E-state index is 9.27. The predicted molar refractivity (Wildman–Crippen MR) is 64.7 cm³/mol. The van der Waals surface area contributed by atoms with Crippen LogP contribution >= 0.6 is 0 Å². The van der Waals surface area contributed by atoms with Gasteiger partial charge >= 0.3 is 0 Å². The lowest BCUT2D eigenvalue weighted by molar-refractivity contribution is 0.151. The zero-order chi connectivity index (χ0) is 12.4. The fraction of sp³-hybridized carbons (Fsp3) is 0.462.